The molecule has 0 amide bonds. The van der Waals surface area contributed by atoms with Crippen molar-refractivity contribution in [3.63, 3.8) is 0 Å². The number of rotatable bonds is 4. The van der Waals surface area contributed by atoms with E-state index < -0.39 is 6.04 Å². The molecule has 0 spiro atoms. The molecule has 1 unspecified atom stereocenters. The molecule has 1 aromatic carbocycles. The highest BCUT2D eigenvalue weighted by Crippen LogP contribution is 2.11. The van der Waals surface area contributed by atoms with Gasteiger partial charge in [0.05, 0.1) is 6.07 Å². The van der Waals surface area contributed by atoms with Crippen molar-refractivity contribution in [1.82, 2.24) is 0 Å². The van der Waals surface area contributed by atoms with Gasteiger partial charge >= 0.3 is 0 Å². The Kier molecular flexibility index (Phi) is 4.59. The first-order valence-electron chi connectivity index (χ1n) is 5.27. The predicted molar refractivity (Wildman–Crippen MR) is 71.1 cm³/mol. The van der Waals surface area contributed by atoms with Crippen LogP contribution in [0.1, 0.15) is 5.56 Å². The normalized spacial score (nSPS) is 11.6. The molecule has 1 rings (SSSR count). The Morgan fingerprint density at radius 1 is 1.33 bits per heavy atom. The molecule has 0 aliphatic carbocycles. The summed E-state index contributed by atoms with van der Waals surface area (Å²) in [7, 11) is 3.89. The topological polar surface area (TPSA) is 87.0 Å². The van der Waals surface area contributed by atoms with Crippen LogP contribution >= 0.6 is 0 Å². The summed E-state index contributed by atoms with van der Waals surface area (Å²) in [5.74, 6) is 0. The fraction of sp³-hybridized carbons (Fsp3) is 0.231. The van der Waals surface area contributed by atoms with Gasteiger partial charge in [0.1, 0.15) is 11.8 Å². The minimum Gasteiger partial charge on any atom is -0.378 e. The molecule has 0 aromatic heterocycles. The molecule has 1 N–H and O–H groups in total. The van der Waals surface area contributed by atoms with E-state index in [1.54, 1.807) is 12.1 Å². The van der Waals surface area contributed by atoms with E-state index in [1.165, 1.54) is 6.21 Å². The quantitative estimate of drug-likeness (QED) is 0.809. The lowest BCUT2D eigenvalue weighted by Crippen LogP contribution is -2.13. The van der Waals surface area contributed by atoms with Crippen LogP contribution in [-0.4, -0.2) is 32.1 Å². The molecule has 0 fully saturated rings. The third kappa shape index (κ3) is 3.43. The molecule has 1 aromatic rings. The van der Waals surface area contributed by atoms with Crippen LogP contribution in [0.15, 0.2) is 29.3 Å². The molecule has 18 heavy (non-hydrogen) atoms. The van der Waals surface area contributed by atoms with Crippen molar-refractivity contribution in [3.8, 4) is 12.1 Å². The highest BCUT2D eigenvalue weighted by atomic mass is 15.1. The lowest BCUT2D eigenvalue weighted by molar-refractivity contribution is 1.09. The maximum Gasteiger partial charge on any atom is 0.187 e. The van der Waals surface area contributed by atoms with Crippen molar-refractivity contribution in [2.45, 2.75) is 6.04 Å². The van der Waals surface area contributed by atoms with Crippen LogP contribution in [0, 0.1) is 28.1 Å². The van der Waals surface area contributed by atoms with Gasteiger partial charge in [-0.3, -0.25) is 10.4 Å². The number of hydrogen-bond donors (Lipinski definition) is 1. The lowest BCUT2D eigenvalue weighted by Gasteiger charge is -2.11. The van der Waals surface area contributed by atoms with Gasteiger partial charge in [-0.2, -0.15) is 10.5 Å². The average Bonchev–Trinajstić information content (AvgIpc) is 2.39. The average molecular weight is 239 g/mol. The van der Waals surface area contributed by atoms with Gasteiger partial charge in [0.15, 0.2) is 6.04 Å². The maximum atomic E-state index is 8.76. The Morgan fingerprint density at radius 2 is 1.94 bits per heavy atom. The SMILES string of the molecule is CN(C)c1ccc(C=NC(C#N)C(=N)C#N)cc1. The first kappa shape index (κ1) is 13.4. The van der Waals surface area contributed by atoms with Crippen LogP contribution in [0.2, 0.25) is 0 Å². The van der Waals surface area contributed by atoms with E-state index in [9.17, 15) is 0 Å². The molecule has 0 aliphatic heterocycles. The van der Waals surface area contributed by atoms with E-state index in [4.69, 9.17) is 15.9 Å². The monoisotopic (exact) mass is 239 g/mol. The molecule has 1 atom stereocenters. The van der Waals surface area contributed by atoms with Crippen molar-refractivity contribution < 1.29 is 0 Å². The number of anilines is 1. The van der Waals surface area contributed by atoms with E-state index in [0.29, 0.717) is 0 Å². The zero-order valence-electron chi connectivity index (χ0n) is 10.3. The second-order valence-corrected chi connectivity index (χ2v) is 3.82. The van der Waals surface area contributed by atoms with Crippen molar-refractivity contribution >= 4 is 17.6 Å². The van der Waals surface area contributed by atoms with Crippen molar-refractivity contribution in [2.75, 3.05) is 19.0 Å². The van der Waals surface area contributed by atoms with Gasteiger partial charge in [-0.15, -0.1) is 0 Å². The van der Waals surface area contributed by atoms with E-state index in [2.05, 4.69) is 4.99 Å². The van der Waals surface area contributed by atoms with Gasteiger partial charge < -0.3 is 4.90 Å². The highest BCUT2D eigenvalue weighted by Gasteiger charge is 2.09. The van der Waals surface area contributed by atoms with Gasteiger partial charge in [-0.1, -0.05) is 12.1 Å². The number of nitrogens with one attached hydrogen (secondary N) is 1. The zero-order chi connectivity index (χ0) is 13.5. The van der Waals surface area contributed by atoms with Crippen LogP contribution < -0.4 is 4.90 Å². The Bertz CT molecular complexity index is 528. The Hall–Kier alpha value is -2.66. The zero-order valence-corrected chi connectivity index (χ0v) is 10.3. The number of nitrogens with zero attached hydrogens (tertiary/aromatic N) is 4. The molecule has 5 heteroatoms. The van der Waals surface area contributed by atoms with Gasteiger partial charge in [0, 0.05) is 26.0 Å². The van der Waals surface area contributed by atoms with E-state index in [1.807, 2.05) is 43.3 Å². The summed E-state index contributed by atoms with van der Waals surface area (Å²) >= 11 is 0. The molecule has 0 saturated carbocycles. The summed E-state index contributed by atoms with van der Waals surface area (Å²) in [5.41, 5.74) is 1.54. The number of hydrogen-bond acceptors (Lipinski definition) is 5. The molecular weight excluding hydrogens is 226 g/mol. The van der Waals surface area contributed by atoms with Gasteiger partial charge in [-0.05, 0) is 17.7 Å². The van der Waals surface area contributed by atoms with Gasteiger partial charge in [0.25, 0.3) is 0 Å². The van der Waals surface area contributed by atoms with Gasteiger partial charge in [-0.25, -0.2) is 0 Å². The standard InChI is InChI=1S/C13H13N5/c1-18(2)11-5-3-10(4-6-11)9-17-13(8-15)12(16)7-14/h3-6,9,13,16H,1-2H3. The molecule has 0 heterocycles. The first-order valence-corrected chi connectivity index (χ1v) is 5.27. The fourth-order valence-electron chi connectivity index (χ4n) is 1.25. The summed E-state index contributed by atoms with van der Waals surface area (Å²) < 4.78 is 0. The molecule has 0 saturated heterocycles. The summed E-state index contributed by atoms with van der Waals surface area (Å²) in [4.78, 5) is 5.89. The summed E-state index contributed by atoms with van der Waals surface area (Å²) in [6.45, 7) is 0. The minimum atomic E-state index is -1.02. The lowest BCUT2D eigenvalue weighted by atomic mass is 10.2. The summed E-state index contributed by atoms with van der Waals surface area (Å²) in [5, 5.41) is 24.5. The Balaban J connectivity index is 2.82. The number of nitriles is 2. The summed E-state index contributed by atoms with van der Waals surface area (Å²) in [6.07, 6.45) is 1.50. The van der Waals surface area contributed by atoms with Crippen molar-refractivity contribution in [1.29, 1.82) is 15.9 Å². The van der Waals surface area contributed by atoms with Crippen LogP contribution in [0.25, 0.3) is 0 Å². The molecule has 0 radical (unpaired) electrons. The van der Waals surface area contributed by atoms with E-state index >= 15 is 0 Å². The number of aliphatic imine (C=N–C) groups is 1. The van der Waals surface area contributed by atoms with Crippen molar-refractivity contribution in [3.05, 3.63) is 29.8 Å². The van der Waals surface area contributed by atoms with E-state index in [-0.39, 0.29) is 5.71 Å². The largest absolute Gasteiger partial charge is 0.378 e. The van der Waals surface area contributed by atoms with Gasteiger partial charge in [0.2, 0.25) is 0 Å². The molecular formula is C13H13N5. The smallest absolute Gasteiger partial charge is 0.187 e. The first-order chi connectivity index (χ1) is 8.58. The molecule has 0 bridgehead atoms. The third-order valence-electron chi connectivity index (χ3n) is 2.30. The minimum absolute atomic E-state index is 0.348. The second kappa shape index (κ2) is 6.17. The maximum absolute atomic E-state index is 8.76. The van der Waals surface area contributed by atoms with Crippen LogP contribution in [0.5, 0.6) is 0 Å². The van der Waals surface area contributed by atoms with Crippen LogP contribution in [-0.2, 0) is 0 Å². The van der Waals surface area contributed by atoms with E-state index in [0.717, 1.165) is 11.3 Å². The number of benzene rings is 1. The second-order valence-electron chi connectivity index (χ2n) is 3.82. The van der Waals surface area contributed by atoms with Crippen LogP contribution in [0.3, 0.4) is 0 Å². The predicted octanol–water partition coefficient (Wildman–Crippen LogP) is 1.61. The Labute approximate surface area is 106 Å². The van der Waals surface area contributed by atoms with Crippen LogP contribution in [0.4, 0.5) is 5.69 Å². The van der Waals surface area contributed by atoms with Crippen molar-refractivity contribution in [2.24, 2.45) is 4.99 Å². The Morgan fingerprint density at radius 3 is 2.39 bits per heavy atom. The molecule has 90 valence electrons. The summed E-state index contributed by atoms with van der Waals surface area (Å²) in [6, 6.07) is 9.98. The fourth-order valence-corrected chi connectivity index (χ4v) is 1.25. The molecule has 5 nitrogen and oxygen atoms in total. The third-order valence-corrected chi connectivity index (χ3v) is 2.30. The highest BCUT2D eigenvalue weighted by molar-refractivity contribution is 6.03. The molecule has 0 aliphatic rings.